The maximum absolute atomic E-state index is 11.5. The van der Waals surface area contributed by atoms with Crippen LogP contribution in [0.4, 0.5) is 5.69 Å². The van der Waals surface area contributed by atoms with Gasteiger partial charge in [-0.15, -0.1) is 0 Å². The average Bonchev–Trinajstić information content (AvgIpc) is 2.44. The maximum Gasteiger partial charge on any atom is 0.337 e. The predicted molar refractivity (Wildman–Crippen MR) is 75.8 cm³/mol. The number of methoxy groups -OCH3 is 1. The van der Waals surface area contributed by atoms with Gasteiger partial charge in [0.1, 0.15) is 11.4 Å². The third-order valence-electron chi connectivity index (χ3n) is 2.88. The van der Waals surface area contributed by atoms with E-state index in [1.165, 1.54) is 7.11 Å². The highest BCUT2D eigenvalue weighted by Gasteiger charge is 2.26. The van der Waals surface area contributed by atoms with Crippen molar-refractivity contribution in [2.45, 2.75) is 39.4 Å². The molecule has 1 atom stereocenters. The van der Waals surface area contributed by atoms with E-state index in [1.54, 1.807) is 18.2 Å². The molecule has 0 radical (unpaired) electrons. The second-order valence-electron chi connectivity index (χ2n) is 4.81. The van der Waals surface area contributed by atoms with Gasteiger partial charge in [0.25, 0.3) is 0 Å². The molecular formula is C15H19NO4. The minimum Gasteiger partial charge on any atom is -0.478 e. The van der Waals surface area contributed by atoms with E-state index in [0.29, 0.717) is 22.9 Å². The molecular weight excluding hydrogens is 258 g/mol. The summed E-state index contributed by atoms with van der Waals surface area (Å²) in [5.74, 6) is 0.773. The first-order valence-electron chi connectivity index (χ1n) is 6.69. The van der Waals surface area contributed by atoms with E-state index < -0.39 is 5.97 Å². The minimum absolute atomic E-state index is 0.0438. The number of aliphatic imine (C=N–C) groups is 1. The van der Waals surface area contributed by atoms with Crippen LogP contribution in [0.5, 0.6) is 5.75 Å². The molecule has 0 bridgehead atoms. The van der Waals surface area contributed by atoms with E-state index in [2.05, 4.69) is 4.99 Å². The molecule has 0 aromatic heterocycles. The van der Waals surface area contributed by atoms with Crippen molar-refractivity contribution in [3.63, 3.8) is 0 Å². The van der Waals surface area contributed by atoms with Crippen LogP contribution in [0.1, 0.15) is 37.6 Å². The van der Waals surface area contributed by atoms with Gasteiger partial charge in [-0.25, -0.2) is 9.79 Å². The quantitative estimate of drug-likeness (QED) is 0.797. The van der Waals surface area contributed by atoms with Crippen molar-refractivity contribution in [3.05, 3.63) is 23.8 Å². The van der Waals surface area contributed by atoms with E-state index in [4.69, 9.17) is 14.2 Å². The molecule has 0 saturated carbocycles. The van der Waals surface area contributed by atoms with Crippen LogP contribution in [0.25, 0.3) is 0 Å². The standard InChI is InChI=1S/C15H19NO4/c1-5-12-14(19-9(2)3)16-11-7-6-10(15(17)18-4)8-13(11)20-12/h6-9,12H,5H2,1-4H3. The lowest BCUT2D eigenvalue weighted by Gasteiger charge is -2.26. The Balaban J connectivity index is 2.34. The topological polar surface area (TPSA) is 57.1 Å². The van der Waals surface area contributed by atoms with Crippen LogP contribution in [0.2, 0.25) is 0 Å². The highest BCUT2D eigenvalue weighted by molar-refractivity contribution is 5.92. The summed E-state index contributed by atoms with van der Waals surface area (Å²) in [6.07, 6.45) is 0.563. The fourth-order valence-electron chi connectivity index (χ4n) is 1.94. The number of carbonyl (C=O) groups is 1. The van der Waals surface area contributed by atoms with Crippen molar-refractivity contribution in [3.8, 4) is 5.75 Å². The van der Waals surface area contributed by atoms with Gasteiger partial charge in [-0.2, -0.15) is 0 Å². The zero-order chi connectivity index (χ0) is 14.7. The predicted octanol–water partition coefficient (Wildman–Crippen LogP) is 3.10. The molecule has 20 heavy (non-hydrogen) atoms. The van der Waals surface area contributed by atoms with Gasteiger partial charge in [-0.1, -0.05) is 6.92 Å². The normalized spacial score (nSPS) is 17.1. The summed E-state index contributed by atoms with van der Waals surface area (Å²) in [4.78, 5) is 16.0. The van der Waals surface area contributed by atoms with Crippen molar-refractivity contribution in [2.24, 2.45) is 4.99 Å². The van der Waals surface area contributed by atoms with Gasteiger partial charge >= 0.3 is 5.97 Å². The fraction of sp³-hybridized carbons (Fsp3) is 0.467. The van der Waals surface area contributed by atoms with Gasteiger partial charge in [0.2, 0.25) is 5.90 Å². The number of rotatable bonds is 3. The highest BCUT2D eigenvalue weighted by Crippen LogP contribution is 2.34. The molecule has 0 saturated heterocycles. The summed E-state index contributed by atoms with van der Waals surface area (Å²) in [6, 6.07) is 5.05. The first kappa shape index (κ1) is 14.4. The zero-order valence-electron chi connectivity index (χ0n) is 12.2. The zero-order valence-corrected chi connectivity index (χ0v) is 12.2. The lowest BCUT2D eigenvalue weighted by Crippen LogP contribution is -2.32. The number of hydrogen-bond acceptors (Lipinski definition) is 5. The Morgan fingerprint density at radius 2 is 2.20 bits per heavy atom. The number of fused-ring (bicyclic) bond motifs is 1. The molecule has 1 aliphatic heterocycles. The largest absolute Gasteiger partial charge is 0.478 e. The molecule has 1 aromatic carbocycles. The van der Waals surface area contributed by atoms with Crippen molar-refractivity contribution >= 4 is 17.6 Å². The van der Waals surface area contributed by atoms with Crippen LogP contribution in [-0.4, -0.2) is 31.2 Å². The minimum atomic E-state index is -0.391. The summed E-state index contributed by atoms with van der Waals surface area (Å²) in [5, 5.41) is 0. The molecule has 2 rings (SSSR count). The molecule has 1 aromatic rings. The van der Waals surface area contributed by atoms with Gasteiger partial charge < -0.3 is 14.2 Å². The van der Waals surface area contributed by atoms with E-state index in [1.807, 2.05) is 20.8 Å². The summed E-state index contributed by atoms with van der Waals surface area (Å²) >= 11 is 0. The number of benzene rings is 1. The SMILES string of the molecule is CCC1Oc2cc(C(=O)OC)ccc2N=C1OC(C)C. The van der Waals surface area contributed by atoms with E-state index in [9.17, 15) is 4.79 Å². The molecule has 1 aliphatic rings. The van der Waals surface area contributed by atoms with Crippen LogP contribution in [-0.2, 0) is 9.47 Å². The van der Waals surface area contributed by atoms with Gasteiger partial charge in [0.05, 0.1) is 18.8 Å². The Morgan fingerprint density at radius 1 is 1.45 bits per heavy atom. The highest BCUT2D eigenvalue weighted by atomic mass is 16.6. The Hall–Kier alpha value is -2.04. The van der Waals surface area contributed by atoms with Crippen molar-refractivity contribution < 1.29 is 19.0 Å². The molecule has 0 fully saturated rings. The van der Waals surface area contributed by atoms with Crippen LogP contribution in [0.15, 0.2) is 23.2 Å². The van der Waals surface area contributed by atoms with Crippen molar-refractivity contribution in [1.82, 2.24) is 0 Å². The Labute approximate surface area is 118 Å². The molecule has 5 nitrogen and oxygen atoms in total. The third-order valence-corrected chi connectivity index (χ3v) is 2.88. The monoisotopic (exact) mass is 277 g/mol. The second-order valence-corrected chi connectivity index (χ2v) is 4.81. The first-order valence-corrected chi connectivity index (χ1v) is 6.69. The number of ether oxygens (including phenoxy) is 3. The van der Waals surface area contributed by atoms with E-state index >= 15 is 0 Å². The van der Waals surface area contributed by atoms with Crippen molar-refractivity contribution in [1.29, 1.82) is 0 Å². The van der Waals surface area contributed by atoms with Gasteiger partial charge in [0, 0.05) is 0 Å². The summed E-state index contributed by atoms with van der Waals surface area (Å²) in [5.41, 5.74) is 1.11. The Bertz CT molecular complexity index is 537. The number of nitrogens with zero attached hydrogens (tertiary/aromatic N) is 1. The third kappa shape index (κ3) is 2.92. The first-order chi connectivity index (χ1) is 9.55. The Morgan fingerprint density at radius 3 is 2.80 bits per heavy atom. The van der Waals surface area contributed by atoms with Crippen LogP contribution >= 0.6 is 0 Å². The lowest BCUT2D eigenvalue weighted by molar-refractivity contribution is 0.0600. The number of hydrogen-bond donors (Lipinski definition) is 0. The molecule has 0 N–H and O–H groups in total. The van der Waals surface area contributed by atoms with Crippen LogP contribution in [0, 0.1) is 0 Å². The van der Waals surface area contributed by atoms with Crippen LogP contribution < -0.4 is 4.74 Å². The second kappa shape index (κ2) is 5.94. The van der Waals surface area contributed by atoms with Crippen LogP contribution in [0.3, 0.4) is 0 Å². The molecule has 0 spiro atoms. The summed E-state index contributed by atoms with van der Waals surface area (Å²) < 4.78 is 16.2. The smallest absolute Gasteiger partial charge is 0.337 e. The van der Waals surface area contributed by atoms with Gasteiger partial charge in [0.15, 0.2) is 6.10 Å². The number of carbonyl (C=O) groups excluding carboxylic acids is 1. The summed E-state index contributed by atoms with van der Waals surface area (Å²) in [6.45, 7) is 5.90. The van der Waals surface area contributed by atoms with E-state index in [-0.39, 0.29) is 12.2 Å². The van der Waals surface area contributed by atoms with Crippen molar-refractivity contribution in [2.75, 3.05) is 7.11 Å². The lowest BCUT2D eigenvalue weighted by atomic mass is 10.1. The average molecular weight is 277 g/mol. The summed E-state index contributed by atoms with van der Waals surface area (Å²) in [7, 11) is 1.35. The maximum atomic E-state index is 11.5. The van der Waals surface area contributed by atoms with Gasteiger partial charge in [-0.05, 0) is 38.5 Å². The number of esters is 1. The molecule has 108 valence electrons. The molecule has 1 heterocycles. The molecule has 1 unspecified atom stereocenters. The Kier molecular flexibility index (Phi) is 4.27. The molecule has 5 heteroatoms. The molecule has 0 amide bonds. The molecule has 0 aliphatic carbocycles. The van der Waals surface area contributed by atoms with E-state index in [0.717, 1.165) is 6.42 Å². The fourth-order valence-corrected chi connectivity index (χ4v) is 1.94. The van der Waals surface area contributed by atoms with Gasteiger partial charge in [-0.3, -0.25) is 0 Å².